The number of fused-ring (bicyclic) bond motifs is 1. The van der Waals surface area contributed by atoms with Crippen molar-refractivity contribution in [3.05, 3.63) is 62.0 Å². The number of ether oxygens (including phenoxy) is 1. The van der Waals surface area contributed by atoms with Gasteiger partial charge in [-0.2, -0.15) is 0 Å². The van der Waals surface area contributed by atoms with E-state index in [1.807, 2.05) is 24.3 Å². The van der Waals surface area contributed by atoms with E-state index in [0.29, 0.717) is 6.42 Å². The second kappa shape index (κ2) is 6.51. The Kier molecular flexibility index (Phi) is 4.67. The minimum Gasteiger partial charge on any atom is -0.493 e. The molecule has 0 aliphatic carbocycles. The number of aliphatic hydroxyl groups is 1. The van der Waals surface area contributed by atoms with Gasteiger partial charge >= 0.3 is 0 Å². The van der Waals surface area contributed by atoms with Gasteiger partial charge in [0.15, 0.2) is 0 Å². The van der Waals surface area contributed by atoms with Gasteiger partial charge in [0.25, 0.3) is 0 Å². The predicted molar refractivity (Wildman–Crippen MR) is 90.8 cm³/mol. The van der Waals surface area contributed by atoms with Crippen LogP contribution in [0.1, 0.15) is 29.2 Å². The maximum absolute atomic E-state index is 10.4. The first kappa shape index (κ1) is 15.1. The van der Waals surface area contributed by atoms with Gasteiger partial charge in [-0.05, 0) is 53.8 Å². The predicted octanol–water partition coefficient (Wildman–Crippen LogP) is 4.81. The molecule has 4 heteroatoms. The molecule has 0 fully saturated rings. The van der Waals surface area contributed by atoms with E-state index in [1.165, 1.54) is 11.1 Å². The van der Waals surface area contributed by atoms with Crippen molar-refractivity contribution >= 4 is 31.9 Å². The van der Waals surface area contributed by atoms with Crippen LogP contribution in [0.3, 0.4) is 0 Å². The summed E-state index contributed by atoms with van der Waals surface area (Å²) in [7, 11) is 0. The minimum atomic E-state index is -0.471. The lowest BCUT2D eigenvalue weighted by molar-refractivity contribution is 0.167. The summed E-state index contributed by atoms with van der Waals surface area (Å²) in [5, 5.41) is 10.4. The fourth-order valence-electron chi connectivity index (χ4n) is 2.62. The zero-order chi connectivity index (χ0) is 14.8. The molecule has 1 atom stereocenters. The summed E-state index contributed by atoms with van der Waals surface area (Å²) in [6, 6.07) is 12.2. The molecule has 1 aliphatic heterocycles. The molecule has 1 unspecified atom stereocenters. The summed E-state index contributed by atoms with van der Waals surface area (Å²) < 4.78 is 7.44. The molecule has 2 aromatic rings. The number of hydrogen-bond donors (Lipinski definition) is 1. The Labute approximate surface area is 141 Å². The van der Waals surface area contributed by atoms with Gasteiger partial charge < -0.3 is 9.84 Å². The first-order valence-electron chi connectivity index (χ1n) is 7.01. The van der Waals surface area contributed by atoms with E-state index in [2.05, 4.69) is 44.0 Å². The molecule has 0 amide bonds. The average molecular weight is 412 g/mol. The van der Waals surface area contributed by atoms with Crippen LogP contribution in [0, 0.1) is 0 Å². The molecule has 1 N–H and O–H groups in total. The van der Waals surface area contributed by atoms with Gasteiger partial charge in [0.2, 0.25) is 0 Å². The number of hydrogen-bond acceptors (Lipinski definition) is 2. The van der Waals surface area contributed by atoms with Crippen molar-refractivity contribution in [1.82, 2.24) is 0 Å². The number of aryl methyl sites for hydroxylation is 1. The van der Waals surface area contributed by atoms with Crippen LogP contribution in [0.25, 0.3) is 0 Å². The summed E-state index contributed by atoms with van der Waals surface area (Å²) in [5.41, 5.74) is 3.46. The van der Waals surface area contributed by atoms with Crippen LogP contribution in [0.2, 0.25) is 0 Å². The molecule has 110 valence electrons. The topological polar surface area (TPSA) is 29.5 Å². The van der Waals surface area contributed by atoms with E-state index in [-0.39, 0.29) is 0 Å². The van der Waals surface area contributed by atoms with Gasteiger partial charge in [-0.15, -0.1) is 0 Å². The van der Waals surface area contributed by atoms with Gasteiger partial charge in [0, 0.05) is 15.4 Å². The lowest BCUT2D eigenvalue weighted by atomic mass is 9.99. The van der Waals surface area contributed by atoms with Crippen molar-refractivity contribution in [2.75, 3.05) is 6.61 Å². The third-order valence-corrected chi connectivity index (χ3v) is 4.99. The van der Waals surface area contributed by atoms with Crippen molar-refractivity contribution in [1.29, 1.82) is 0 Å². The zero-order valence-electron chi connectivity index (χ0n) is 11.5. The average Bonchev–Trinajstić information content (AvgIpc) is 2.94. The lowest BCUT2D eigenvalue weighted by Gasteiger charge is -2.13. The highest BCUT2D eigenvalue weighted by Crippen LogP contribution is 2.31. The lowest BCUT2D eigenvalue weighted by Crippen LogP contribution is -2.01. The van der Waals surface area contributed by atoms with E-state index >= 15 is 0 Å². The van der Waals surface area contributed by atoms with Crippen LogP contribution in [0.4, 0.5) is 0 Å². The monoisotopic (exact) mass is 410 g/mol. The number of benzene rings is 2. The maximum Gasteiger partial charge on any atom is 0.122 e. The number of rotatable bonds is 4. The Balaban J connectivity index is 1.68. The summed E-state index contributed by atoms with van der Waals surface area (Å²) in [6.45, 7) is 0.784. The quantitative estimate of drug-likeness (QED) is 0.781. The van der Waals surface area contributed by atoms with E-state index < -0.39 is 6.10 Å². The van der Waals surface area contributed by atoms with Gasteiger partial charge in [-0.25, -0.2) is 0 Å². The van der Waals surface area contributed by atoms with Gasteiger partial charge in [-0.1, -0.05) is 44.0 Å². The molecule has 1 aliphatic rings. The van der Waals surface area contributed by atoms with Gasteiger partial charge in [0.1, 0.15) is 5.75 Å². The van der Waals surface area contributed by atoms with Crippen LogP contribution in [-0.2, 0) is 12.8 Å². The Morgan fingerprint density at radius 2 is 2.00 bits per heavy atom. The first-order chi connectivity index (χ1) is 10.1. The molecule has 0 spiro atoms. The molecule has 3 rings (SSSR count). The standard InChI is InChI=1S/C17H16Br2O2/c18-13-3-4-15(19)14(10-13)16(20)5-1-11-2-6-17-12(9-11)7-8-21-17/h2-4,6,9-10,16,20H,1,5,7-8H2. The molecule has 2 nitrogen and oxygen atoms in total. The summed E-state index contributed by atoms with van der Waals surface area (Å²) >= 11 is 6.95. The molecule has 0 saturated heterocycles. The largest absolute Gasteiger partial charge is 0.493 e. The van der Waals surface area contributed by atoms with Crippen LogP contribution < -0.4 is 4.74 Å². The van der Waals surface area contributed by atoms with Crippen molar-refractivity contribution in [2.45, 2.75) is 25.4 Å². The summed E-state index contributed by atoms with van der Waals surface area (Å²) in [4.78, 5) is 0. The molecule has 0 saturated carbocycles. The van der Waals surface area contributed by atoms with E-state index in [1.54, 1.807) is 0 Å². The second-order valence-corrected chi connectivity index (χ2v) is 7.03. The third kappa shape index (κ3) is 3.50. The summed E-state index contributed by atoms with van der Waals surface area (Å²) in [6.07, 6.45) is 2.08. The van der Waals surface area contributed by atoms with Crippen molar-refractivity contribution in [3.63, 3.8) is 0 Å². The minimum absolute atomic E-state index is 0.471. The molecule has 0 aromatic heterocycles. The van der Waals surface area contributed by atoms with Crippen molar-refractivity contribution in [2.24, 2.45) is 0 Å². The maximum atomic E-state index is 10.4. The smallest absolute Gasteiger partial charge is 0.122 e. The molecule has 0 bridgehead atoms. The van der Waals surface area contributed by atoms with Crippen molar-refractivity contribution in [3.8, 4) is 5.75 Å². The van der Waals surface area contributed by atoms with Crippen molar-refractivity contribution < 1.29 is 9.84 Å². The molecular weight excluding hydrogens is 396 g/mol. The highest BCUT2D eigenvalue weighted by Gasteiger charge is 2.14. The first-order valence-corrected chi connectivity index (χ1v) is 8.60. The second-order valence-electron chi connectivity index (χ2n) is 5.26. The highest BCUT2D eigenvalue weighted by molar-refractivity contribution is 9.11. The van der Waals surface area contributed by atoms with Gasteiger partial charge in [-0.3, -0.25) is 0 Å². The fraction of sp³-hybridized carbons (Fsp3) is 0.294. The molecule has 0 radical (unpaired) electrons. The third-order valence-electron chi connectivity index (χ3n) is 3.78. The Bertz CT molecular complexity index is 655. The zero-order valence-corrected chi connectivity index (χ0v) is 14.7. The Morgan fingerprint density at radius 3 is 2.86 bits per heavy atom. The number of halogens is 2. The highest BCUT2D eigenvalue weighted by atomic mass is 79.9. The van der Waals surface area contributed by atoms with E-state index in [9.17, 15) is 5.11 Å². The van der Waals surface area contributed by atoms with Crippen LogP contribution in [0.15, 0.2) is 45.3 Å². The summed E-state index contributed by atoms with van der Waals surface area (Å²) in [5.74, 6) is 1.01. The molecule has 1 heterocycles. The Hall–Kier alpha value is -0.840. The molecular formula is C17H16Br2O2. The normalized spacial score (nSPS) is 14.6. The molecule has 21 heavy (non-hydrogen) atoms. The van der Waals surface area contributed by atoms with Gasteiger partial charge in [0.05, 0.1) is 12.7 Å². The molecule has 2 aromatic carbocycles. The SMILES string of the molecule is OC(CCc1ccc2c(c1)CCO2)c1cc(Br)ccc1Br. The van der Waals surface area contributed by atoms with E-state index in [4.69, 9.17) is 4.74 Å². The van der Waals surface area contributed by atoms with E-state index in [0.717, 1.165) is 39.7 Å². The fourth-order valence-corrected chi connectivity index (χ4v) is 3.51. The number of aliphatic hydroxyl groups excluding tert-OH is 1. The Morgan fingerprint density at radius 1 is 1.14 bits per heavy atom. The van der Waals surface area contributed by atoms with Crippen LogP contribution in [0.5, 0.6) is 5.75 Å². The van der Waals surface area contributed by atoms with Crippen LogP contribution >= 0.6 is 31.9 Å². The van der Waals surface area contributed by atoms with Crippen LogP contribution in [-0.4, -0.2) is 11.7 Å².